The van der Waals surface area contributed by atoms with Gasteiger partial charge in [0.2, 0.25) is 0 Å². The van der Waals surface area contributed by atoms with E-state index in [9.17, 15) is 9.59 Å². The van der Waals surface area contributed by atoms with Crippen LogP contribution in [0.5, 0.6) is 0 Å². The molecule has 0 saturated heterocycles. The van der Waals surface area contributed by atoms with E-state index in [2.05, 4.69) is 5.32 Å². The molecule has 1 radical (unpaired) electrons. The fraction of sp³-hybridized carbons (Fsp3) is 0.182. The second-order valence-electron chi connectivity index (χ2n) is 3.42. The highest BCUT2D eigenvalue weighted by Crippen LogP contribution is 2.09. The van der Waals surface area contributed by atoms with Crippen LogP contribution in [0.3, 0.4) is 0 Å². The Morgan fingerprint density at radius 2 is 2.00 bits per heavy atom. The van der Waals surface area contributed by atoms with E-state index < -0.39 is 11.9 Å². The fourth-order valence-electron chi connectivity index (χ4n) is 1.13. The highest BCUT2D eigenvalue weighted by Gasteiger charge is 2.14. The molecule has 0 fully saturated rings. The number of nitrogens with two attached hydrogens (primary N) is 2. The summed E-state index contributed by atoms with van der Waals surface area (Å²) in [6.45, 7) is 0. The average molecular weight is 233 g/mol. The van der Waals surface area contributed by atoms with Gasteiger partial charge in [-0.2, -0.15) is 0 Å². The van der Waals surface area contributed by atoms with Crippen LogP contribution >= 0.6 is 0 Å². The quantitative estimate of drug-likeness (QED) is 0.365. The Bertz CT molecular complexity index is 428. The molecule has 0 aromatic heterocycles. The highest BCUT2D eigenvalue weighted by atomic mass is 16.2. The summed E-state index contributed by atoms with van der Waals surface area (Å²) in [6, 6.07) is 5.38. The topological polar surface area (TPSA) is 124 Å². The maximum absolute atomic E-state index is 11.4. The number of carbonyl (C=O) groups excluding carboxylic acids is 2. The second-order valence-corrected chi connectivity index (χ2v) is 3.42. The summed E-state index contributed by atoms with van der Waals surface area (Å²) in [5.41, 5.74) is 11.7. The van der Waals surface area contributed by atoms with Crippen molar-refractivity contribution in [3.8, 4) is 0 Å². The SMILES string of the molecule is N=C(N)c1ccc([N]C(=O)C(N)CC=O)cc1. The van der Waals surface area contributed by atoms with Crippen LogP contribution < -0.4 is 16.8 Å². The Kier molecular flexibility index (Phi) is 4.36. The summed E-state index contributed by atoms with van der Waals surface area (Å²) in [4.78, 5) is 21.6. The van der Waals surface area contributed by atoms with Crippen LogP contribution in [0.2, 0.25) is 0 Å². The summed E-state index contributed by atoms with van der Waals surface area (Å²) in [5.74, 6) is -0.604. The van der Waals surface area contributed by atoms with E-state index in [1.807, 2.05) is 0 Å². The summed E-state index contributed by atoms with van der Waals surface area (Å²) in [5, 5.41) is 10.9. The van der Waals surface area contributed by atoms with Gasteiger partial charge in [-0.1, -0.05) is 0 Å². The van der Waals surface area contributed by atoms with Crippen molar-refractivity contribution in [2.75, 3.05) is 0 Å². The molecule has 17 heavy (non-hydrogen) atoms. The Balaban J connectivity index is 2.66. The zero-order chi connectivity index (χ0) is 12.8. The first kappa shape index (κ1) is 12.9. The standard InChI is InChI=1S/C11H13N4O2/c12-9(5-6-16)11(17)15-8-3-1-7(2-4-8)10(13)14/h1-4,6,9H,5,12H2,(H3,13,14). The van der Waals surface area contributed by atoms with E-state index >= 15 is 0 Å². The van der Waals surface area contributed by atoms with Crippen molar-refractivity contribution >= 4 is 23.7 Å². The number of carbonyl (C=O) groups is 2. The van der Waals surface area contributed by atoms with Crippen LogP contribution in [0.1, 0.15) is 12.0 Å². The number of nitrogen functional groups attached to an aromatic ring is 1. The molecule has 89 valence electrons. The molecule has 6 heteroatoms. The fourth-order valence-corrected chi connectivity index (χ4v) is 1.13. The predicted molar refractivity (Wildman–Crippen MR) is 62.9 cm³/mol. The molecule has 5 N–H and O–H groups in total. The van der Waals surface area contributed by atoms with Crippen molar-refractivity contribution < 1.29 is 9.59 Å². The number of amidine groups is 1. The van der Waals surface area contributed by atoms with Gasteiger partial charge in [0.15, 0.2) is 0 Å². The predicted octanol–water partition coefficient (Wildman–Crippen LogP) is -0.351. The lowest BCUT2D eigenvalue weighted by molar-refractivity contribution is -0.123. The molecule has 0 heterocycles. The lowest BCUT2D eigenvalue weighted by Gasteiger charge is -2.07. The first-order valence-corrected chi connectivity index (χ1v) is 4.94. The second kappa shape index (κ2) is 5.76. The van der Waals surface area contributed by atoms with Crippen molar-refractivity contribution in [1.82, 2.24) is 5.32 Å². The van der Waals surface area contributed by atoms with Crippen molar-refractivity contribution in [3.05, 3.63) is 29.8 Å². The Hall–Kier alpha value is -2.21. The number of hydrogen-bond acceptors (Lipinski definition) is 4. The molecule has 0 bridgehead atoms. The molecule has 0 saturated carbocycles. The third-order valence-corrected chi connectivity index (χ3v) is 2.08. The van der Waals surface area contributed by atoms with Gasteiger partial charge in [0.05, 0.1) is 11.7 Å². The van der Waals surface area contributed by atoms with Crippen molar-refractivity contribution in [3.63, 3.8) is 0 Å². The number of aldehydes is 1. The summed E-state index contributed by atoms with van der Waals surface area (Å²) >= 11 is 0. The summed E-state index contributed by atoms with van der Waals surface area (Å²) in [6.07, 6.45) is 0.533. The number of hydrogen-bond donors (Lipinski definition) is 3. The molecular formula is C11H13N4O2. The molecule has 1 aromatic carbocycles. The van der Waals surface area contributed by atoms with Gasteiger partial charge >= 0.3 is 0 Å². The van der Waals surface area contributed by atoms with Crippen LogP contribution in [0.15, 0.2) is 24.3 Å². The van der Waals surface area contributed by atoms with Crippen LogP contribution in [-0.4, -0.2) is 24.1 Å². The van der Waals surface area contributed by atoms with Crippen molar-refractivity contribution in [2.45, 2.75) is 12.5 Å². The zero-order valence-corrected chi connectivity index (χ0v) is 9.09. The largest absolute Gasteiger partial charge is 0.384 e. The minimum atomic E-state index is -0.903. The Morgan fingerprint density at radius 1 is 1.41 bits per heavy atom. The number of nitrogens with zero attached hydrogens (tertiary/aromatic N) is 1. The van der Waals surface area contributed by atoms with E-state index in [1.54, 1.807) is 24.3 Å². The number of rotatable bonds is 5. The van der Waals surface area contributed by atoms with Gasteiger partial charge in [-0.25, -0.2) is 5.32 Å². The van der Waals surface area contributed by atoms with E-state index in [-0.39, 0.29) is 12.3 Å². The van der Waals surface area contributed by atoms with Crippen molar-refractivity contribution in [2.24, 2.45) is 11.5 Å². The lowest BCUT2D eigenvalue weighted by Crippen LogP contribution is -2.35. The molecule has 1 unspecified atom stereocenters. The molecule has 0 aliphatic rings. The third kappa shape index (κ3) is 3.69. The summed E-state index contributed by atoms with van der Waals surface area (Å²) < 4.78 is 0. The Labute approximate surface area is 98.5 Å². The van der Waals surface area contributed by atoms with Gasteiger partial charge < -0.3 is 16.3 Å². The van der Waals surface area contributed by atoms with Crippen LogP contribution in [0, 0.1) is 5.41 Å². The van der Waals surface area contributed by atoms with Gasteiger partial charge in [-0.3, -0.25) is 10.2 Å². The first-order valence-electron chi connectivity index (χ1n) is 4.94. The van der Waals surface area contributed by atoms with Crippen LogP contribution in [0.4, 0.5) is 5.69 Å². The average Bonchev–Trinajstić information content (AvgIpc) is 2.30. The highest BCUT2D eigenvalue weighted by molar-refractivity contribution is 5.95. The van der Waals surface area contributed by atoms with Crippen molar-refractivity contribution in [1.29, 1.82) is 5.41 Å². The van der Waals surface area contributed by atoms with Gasteiger partial charge in [0.25, 0.3) is 5.91 Å². The third-order valence-electron chi connectivity index (χ3n) is 2.08. The molecule has 1 rings (SSSR count). The monoisotopic (exact) mass is 233 g/mol. The van der Waals surface area contributed by atoms with E-state index in [1.165, 1.54) is 0 Å². The van der Waals surface area contributed by atoms with Gasteiger partial charge in [0.1, 0.15) is 12.1 Å². The Morgan fingerprint density at radius 3 is 2.47 bits per heavy atom. The smallest absolute Gasteiger partial charge is 0.263 e. The minimum Gasteiger partial charge on any atom is -0.384 e. The van der Waals surface area contributed by atoms with Crippen LogP contribution in [0.25, 0.3) is 0 Å². The molecule has 1 atom stereocenters. The van der Waals surface area contributed by atoms with Crippen LogP contribution in [-0.2, 0) is 9.59 Å². The minimum absolute atomic E-state index is 0.0478. The molecule has 0 aliphatic carbocycles. The normalized spacial score (nSPS) is 11.6. The maximum Gasteiger partial charge on any atom is 0.263 e. The molecule has 0 spiro atoms. The molecular weight excluding hydrogens is 220 g/mol. The zero-order valence-electron chi connectivity index (χ0n) is 9.09. The van der Waals surface area contributed by atoms with Gasteiger partial charge in [-0.05, 0) is 24.3 Å². The molecule has 1 amide bonds. The molecule has 0 aliphatic heterocycles. The van der Waals surface area contributed by atoms with Gasteiger partial charge in [-0.15, -0.1) is 0 Å². The lowest BCUT2D eigenvalue weighted by atomic mass is 10.1. The summed E-state index contributed by atoms with van der Waals surface area (Å²) in [7, 11) is 0. The first-order chi connectivity index (χ1) is 8.04. The number of amides is 1. The van der Waals surface area contributed by atoms with Gasteiger partial charge in [0, 0.05) is 12.0 Å². The van der Waals surface area contributed by atoms with E-state index in [4.69, 9.17) is 16.9 Å². The van der Waals surface area contributed by atoms with E-state index in [0.717, 1.165) is 0 Å². The number of nitrogens with one attached hydrogen (secondary N) is 1. The number of benzene rings is 1. The maximum atomic E-state index is 11.4. The molecule has 1 aromatic rings. The van der Waals surface area contributed by atoms with E-state index in [0.29, 0.717) is 17.5 Å². The molecule has 6 nitrogen and oxygen atoms in total.